The van der Waals surface area contributed by atoms with Crippen LogP contribution in [0.2, 0.25) is 0 Å². The molecular formula is C13H24N4O3S. The van der Waals surface area contributed by atoms with Gasteiger partial charge in [-0.2, -0.15) is 5.10 Å². The van der Waals surface area contributed by atoms with Crippen LogP contribution in [0.5, 0.6) is 0 Å². The van der Waals surface area contributed by atoms with E-state index in [0.29, 0.717) is 13.1 Å². The molecule has 1 aliphatic rings. The molecule has 1 aromatic rings. The van der Waals surface area contributed by atoms with Gasteiger partial charge in [0.15, 0.2) is 0 Å². The number of aromatic nitrogens is 2. The number of sulfonamides is 1. The number of hydrogen-bond acceptors (Lipinski definition) is 5. The van der Waals surface area contributed by atoms with Crippen molar-refractivity contribution in [1.29, 1.82) is 0 Å². The highest BCUT2D eigenvalue weighted by Gasteiger charge is 2.20. The minimum Gasteiger partial charge on any atom is -0.377 e. The Hall–Kier alpha value is -0.960. The third kappa shape index (κ3) is 5.06. The van der Waals surface area contributed by atoms with Gasteiger partial charge in [0, 0.05) is 25.9 Å². The number of nitrogens with zero attached hydrogens (tertiary/aromatic N) is 2. The summed E-state index contributed by atoms with van der Waals surface area (Å²) < 4.78 is 34.1. The molecule has 0 bridgehead atoms. The molecule has 7 nitrogen and oxygen atoms in total. The molecule has 1 aliphatic heterocycles. The van der Waals surface area contributed by atoms with Crippen molar-refractivity contribution < 1.29 is 13.2 Å². The summed E-state index contributed by atoms with van der Waals surface area (Å²) in [5, 5.41) is 7.25. The molecule has 0 radical (unpaired) electrons. The predicted octanol–water partition coefficient (Wildman–Crippen LogP) is 0.340. The van der Waals surface area contributed by atoms with E-state index in [0.717, 1.165) is 39.0 Å². The Labute approximate surface area is 126 Å². The third-order valence-corrected chi connectivity index (χ3v) is 4.84. The minimum atomic E-state index is -3.50. The molecule has 0 aromatic carbocycles. The molecule has 0 spiro atoms. The fraction of sp³-hybridized carbons (Fsp3) is 0.769. The Morgan fingerprint density at radius 1 is 1.48 bits per heavy atom. The lowest BCUT2D eigenvalue weighted by Crippen LogP contribution is -2.35. The fourth-order valence-electron chi connectivity index (χ4n) is 2.23. The van der Waals surface area contributed by atoms with Crippen LogP contribution in [0.3, 0.4) is 0 Å². The highest BCUT2D eigenvalue weighted by Crippen LogP contribution is 2.13. The molecule has 2 heterocycles. The van der Waals surface area contributed by atoms with Gasteiger partial charge in [0.1, 0.15) is 4.90 Å². The van der Waals surface area contributed by atoms with Crippen LogP contribution in [0, 0.1) is 0 Å². The summed E-state index contributed by atoms with van der Waals surface area (Å²) >= 11 is 0. The Kier molecular flexibility index (Phi) is 6.16. The van der Waals surface area contributed by atoms with Crippen molar-refractivity contribution in [1.82, 2.24) is 19.8 Å². The van der Waals surface area contributed by atoms with E-state index in [1.54, 1.807) is 10.9 Å². The van der Waals surface area contributed by atoms with E-state index in [1.165, 1.54) is 6.20 Å². The fourth-order valence-corrected chi connectivity index (χ4v) is 3.25. The van der Waals surface area contributed by atoms with Crippen LogP contribution in [0.4, 0.5) is 0 Å². The topological polar surface area (TPSA) is 85.2 Å². The predicted molar refractivity (Wildman–Crippen MR) is 79.6 cm³/mol. The summed E-state index contributed by atoms with van der Waals surface area (Å²) in [6.07, 6.45) is 5.98. The molecule has 8 heteroatoms. The van der Waals surface area contributed by atoms with E-state index >= 15 is 0 Å². The van der Waals surface area contributed by atoms with E-state index in [2.05, 4.69) is 15.1 Å². The van der Waals surface area contributed by atoms with Crippen LogP contribution in [0.25, 0.3) is 0 Å². The maximum atomic E-state index is 12.2. The molecule has 1 saturated heterocycles. The first-order valence-electron chi connectivity index (χ1n) is 7.46. The highest BCUT2D eigenvalue weighted by molar-refractivity contribution is 7.89. The van der Waals surface area contributed by atoms with Crippen molar-refractivity contribution in [3.63, 3.8) is 0 Å². The number of likely N-dealkylation sites (N-methyl/N-ethyl adjacent to an activating group) is 1. The zero-order valence-corrected chi connectivity index (χ0v) is 13.2. The average Bonchev–Trinajstić information content (AvgIpc) is 2.96. The summed E-state index contributed by atoms with van der Waals surface area (Å²) in [5.74, 6) is 0. The van der Waals surface area contributed by atoms with Crippen molar-refractivity contribution in [3.8, 4) is 0 Å². The van der Waals surface area contributed by atoms with Crippen LogP contribution in [-0.4, -0.2) is 50.5 Å². The van der Waals surface area contributed by atoms with Crippen LogP contribution < -0.4 is 10.0 Å². The van der Waals surface area contributed by atoms with Gasteiger partial charge in [0.05, 0.1) is 18.8 Å². The molecule has 2 rings (SSSR count). The Morgan fingerprint density at radius 2 is 2.33 bits per heavy atom. The lowest BCUT2D eigenvalue weighted by Gasteiger charge is -2.22. The largest absolute Gasteiger partial charge is 0.377 e. The molecule has 1 atom stereocenters. The maximum absolute atomic E-state index is 12.2. The van der Waals surface area contributed by atoms with Gasteiger partial charge in [-0.05, 0) is 25.8 Å². The first kappa shape index (κ1) is 16.4. The van der Waals surface area contributed by atoms with E-state index in [9.17, 15) is 8.42 Å². The van der Waals surface area contributed by atoms with Crippen LogP contribution in [-0.2, 0) is 21.3 Å². The average molecular weight is 316 g/mol. The van der Waals surface area contributed by atoms with Crippen molar-refractivity contribution >= 4 is 10.0 Å². The first-order chi connectivity index (χ1) is 10.1. The second-order valence-corrected chi connectivity index (χ2v) is 6.90. The SMILES string of the molecule is CCNCCn1cc(S(=O)(=O)NCC2CCCCO2)cn1. The van der Waals surface area contributed by atoms with Gasteiger partial charge in [-0.15, -0.1) is 0 Å². The van der Waals surface area contributed by atoms with Gasteiger partial charge in [0.2, 0.25) is 10.0 Å². The Morgan fingerprint density at radius 3 is 3.05 bits per heavy atom. The molecular weight excluding hydrogens is 292 g/mol. The molecule has 120 valence electrons. The molecule has 0 aliphatic carbocycles. The van der Waals surface area contributed by atoms with E-state index in [-0.39, 0.29) is 11.0 Å². The number of hydrogen-bond donors (Lipinski definition) is 2. The Balaban J connectivity index is 1.86. The van der Waals surface area contributed by atoms with Crippen LogP contribution in [0.1, 0.15) is 26.2 Å². The second kappa shape index (κ2) is 7.88. The molecule has 21 heavy (non-hydrogen) atoms. The monoisotopic (exact) mass is 316 g/mol. The first-order valence-corrected chi connectivity index (χ1v) is 8.94. The molecule has 0 amide bonds. The summed E-state index contributed by atoms with van der Waals surface area (Å²) in [7, 11) is -3.50. The quantitative estimate of drug-likeness (QED) is 0.676. The third-order valence-electron chi connectivity index (χ3n) is 3.46. The Bertz CT molecular complexity index is 523. The number of rotatable bonds is 8. The summed E-state index contributed by atoms with van der Waals surface area (Å²) in [6, 6.07) is 0. The molecule has 1 unspecified atom stereocenters. The van der Waals surface area contributed by atoms with E-state index < -0.39 is 10.0 Å². The standard InChI is InChI=1S/C13H24N4O3S/c1-2-14-6-7-17-11-13(10-15-17)21(18,19)16-9-12-5-3-4-8-20-12/h10-12,14,16H,2-9H2,1H3. The molecule has 1 aromatic heterocycles. The van der Waals surface area contributed by atoms with Gasteiger partial charge in [0.25, 0.3) is 0 Å². The summed E-state index contributed by atoms with van der Waals surface area (Å²) in [5.41, 5.74) is 0. The lowest BCUT2D eigenvalue weighted by atomic mass is 10.1. The summed E-state index contributed by atoms with van der Waals surface area (Å²) in [4.78, 5) is 0.204. The van der Waals surface area contributed by atoms with Gasteiger partial charge in [-0.25, -0.2) is 13.1 Å². The maximum Gasteiger partial charge on any atom is 0.243 e. The van der Waals surface area contributed by atoms with Gasteiger partial charge in [-0.3, -0.25) is 4.68 Å². The zero-order valence-electron chi connectivity index (χ0n) is 12.4. The van der Waals surface area contributed by atoms with Gasteiger partial charge in [-0.1, -0.05) is 6.92 Å². The van der Waals surface area contributed by atoms with Crippen LogP contribution in [0.15, 0.2) is 17.3 Å². The van der Waals surface area contributed by atoms with Crippen molar-refractivity contribution in [2.24, 2.45) is 0 Å². The zero-order chi connectivity index (χ0) is 15.1. The summed E-state index contributed by atoms with van der Waals surface area (Å²) in [6.45, 7) is 5.36. The molecule has 0 saturated carbocycles. The van der Waals surface area contributed by atoms with E-state index in [4.69, 9.17) is 4.74 Å². The lowest BCUT2D eigenvalue weighted by molar-refractivity contribution is 0.0200. The number of nitrogens with one attached hydrogen (secondary N) is 2. The van der Waals surface area contributed by atoms with Gasteiger partial charge >= 0.3 is 0 Å². The minimum absolute atomic E-state index is 0.0164. The van der Waals surface area contributed by atoms with Crippen LogP contribution >= 0.6 is 0 Å². The van der Waals surface area contributed by atoms with Crippen molar-refractivity contribution in [3.05, 3.63) is 12.4 Å². The van der Waals surface area contributed by atoms with Crippen molar-refractivity contribution in [2.45, 2.75) is 43.7 Å². The number of ether oxygens (including phenoxy) is 1. The second-order valence-electron chi connectivity index (χ2n) is 5.13. The van der Waals surface area contributed by atoms with Crippen molar-refractivity contribution in [2.75, 3.05) is 26.2 Å². The van der Waals surface area contributed by atoms with E-state index in [1.807, 2.05) is 6.92 Å². The van der Waals surface area contributed by atoms with Gasteiger partial charge < -0.3 is 10.1 Å². The molecule has 1 fully saturated rings. The highest BCUT2D eigenvalue weighted by atomic mass is 32.2. The molecule has 2 N–H and O–H groups in total. The normalized spacial score (nSPS) is 19.8. The smallest absolute Gasteiger partial charge is 0.243 e.